The van der Waals surface area contributed by atoms with E-state index in [9.17, 15) is 52.6 Å². The van der Waals surface area contributed by atoms with Crippen LogP contribution in [0.15, 0.2) is 110 Å². The molecular weight excluding hydrogens is 1360 g/mol. The van der Waals surface area contributed by atoms with Crippen molar-refractivity contribution in [1.82, 2.24) is 67.4 Å². The van der Waals surface area contributed by atoms with Gasteiger partial charge in [0, 0.05) is 108 Å². The highest BCUT2D eigenvalue weighted by Crippen LogP contribution is 2.32. The number of aromatic amines is 3. The fourth-order valence-electron chi connectivity index (χ4n) is 12.3. The maximum Gasteiger partial charge on any atom is 0.305 e. The molecule has 542 valence electrons. The molecule has 2 bridgehead atoms. The number of carbonyl (C=O) groups excluding carboxylic acids is 10. The van der Waals surface area contributed by atoms with Gasteiger partial charge in [-0.15, -0.1) is 0 Å². The molecule has 1 saturated heterocycles. The van der Waals surface area contributed by atoms with Crippen molar-refractivity contribution in [3.05, 3.63) is 155 Å². The van der Waals surface area contributed by atoms with E-state index in [1.54, 1.807) is 0 Å². The number of carboxylic acid groups (broad SMARTS) is 1. The Labute approximate surface area is 593 Å². The van der Waals surface area contributed by atoms with E-state index in [4.69, 9.17) is 11.5 Å². The van der Waals surface area contributed by atoms with Gasteiger partial charge in [-0.1, -0.05) is 36.4 Å². The minimum absolute atomic E-state index is 0.00433. The summed E-state index contributed by atoms with van der Waals surface area (Å²) in [6.07, 6.45) is 4.40. The van der Waals surface area contributed by atoms with E-state index in [1.807, 2.05) is 24.3 Å². The number of halogens is 2. The minimum Gasteiger partial charge on any atom is -0.508 e. The number of hydrogen-bond acceptors (Lipinski definition) is 16. The highest BCUT2D eigenvalue weighted by molar-refractivity contribution is 7.98. The number of thioether (sulfide) groups is 2. The number of nitrogens with zero attached hydrogens (tertiary/aromatic N) is 2. The summed E-state index contributed by atoms with van der Waals surface area (Å²) in [5.74, 6) is -10.7. The molecule has 0 aliphatic carbocycles. The van der Waals surface area contributed by atoms with E-state index < -0.39 is 143 Å². The Balaban J connectivity index is 1.07. The van der Waals surface area contributed by atoms with Gasteiger partial charge in [0.25, 0.3) is 0 Å². The van der Waals surface area contributed by atoms with Crippen LogP contribution in [-0.2, 0) is 89.9 Å². The number of aromatic nitrogens is 4. The van der Waals surface area contributed by atoms with Crippen molar-refractivity contribution < 1.29 is 71.7 Å². The number of primary amides is 1. The van der Waals surface area contributed by atoms with Crippen LogP contribution in [0.1, 0.15) is 92.3 Å². The van der Waals surface area contributed by atoms with Gasteiger partial charge in [0.1, 0.15) is 71.3 Å². The first-order valence-corrected chi connectivity index (χ1v) is 35.6. The predicted molar refractivity (Wildman–Crippen MR) is 376 cm³/mol. The second kappa shape index (κ2) is 35.3. The van der Waals surface area contributed by atoms with Crippen molar-refractivity contribution >= 4 is 110 Å². The maximum absolute atomic E-state index is 15.2. The third kappa shape index (κ3) is 20.4. The molecule has 9 rings (SSSR count). The number of carboxylic acids is 1. The summed E-state index contributed by atoms with van der Waals surface area (Å²) in [4.78, 5) is 172. The summed E-state index contributed by atoms with van der Waals surface area (Å²) in [7, 11) is 0. The standard InChI is InChI=1S/C70H83F2N15O13S2/c1-38-62(93)81-53(25-42-31-76-50-16-12-44(71)27-48(42)50)64(95)82-54(26-43-32-77-51-17-13-45(72)28-49(43)51)65(96)84-56(30-60(90)91)67(98)83-55(29-46-33-75-37-78-46)66(97)85-57(24-39-10-14-47(88)15-11-39)68(99)87-21-6-19-70(87,2)69(100)86-58(61(74)92)36-102-35-41-8-5-7-40(23-41)34-101-22-18-59(89)80-52(63(94)79-38)9-3-4-20-73/h5,7-8,10-17,23,27-28,31-33,37-38,52-58,76-77,88H,3-4,6,9,18-22,24-26,29-30,34-36,73H2,1-2H3,(H2,74,92)(H,75,78)(H,79,94)(H,80,89)(H,81,93)(H,82,95)(H,83,98)(H,84,96)(H,85,97)(H,86,100)(H,90,91)/t38-,52+,53+,54+,55+,56+,57+,58+,70+/m1/s1. The lowest BCUT2D eigenvalue weighted by molar-refractivity contribution is -0.147. The van der Waals surface area contributed by atoms with Gasteiger partial charge in [0.05, 0.1) is 12.7 Å². The van der Waals surface area contributed by atoms with E-state index >= 15 is 19.2 Å². The summed E-state index contributed by atoms with van der Waals surface area (Å²) < 4.78 is 29.9. The van der Waals surface area contributed by atoms with Gasteiger partial charge in [-0.05, 0) is 129 Å². The third-order valence-corrected chi connectivity index (χ3v) is 20.0. The number of rotatable bonds is 15. The second-order valence-corrected chi connectivity index (χ2v) is 27.7. The predicted octanol–water partition coefficient (Wildman–Crippen LogP) is 2.57. The molecule has 10 amide bonds. The van der Waals surface area contributed by atoms with Crippen LogP contribution in [-0.4, -0.2) is 179 Å². The number of imidazole rings is 1. The average molecular weight is 1440 g/mol. The van der Waals surface area contributed by atoms with Crippen LogP contribution >= 0.6 is 23.5 Å². The number of aliphatic carboxylic acids is 1. The Hall–Kier alpha value is -10.3. The molecule has 9 atom stereocenters. The molecule has 0 spiro atoms. The number of phenolic OH excluding ortho intramolecular Hbond substituents is 1. The summed E-state index contributed by atoms with van der Waals surface area (Å²) >= 11 is 2.79. The van der Waals surface area contributed by atoms with Crippen molar-refractivity contribution in [2.75, 3.05) is 24.6 Å². The van der Waals surface area contributed by atoms with Crippen molar-refractivity contribution in [3.8, 4) is 5.75 Å². The fourth-order valence-corrected chi connectivity index (χ4v) is 14.2. The highest BCUT2D eigenvalue weighted by atomic mass is 32.2. The second-order valence-electron chi connectivity index (χ2n) is 25.5. The number of fused-ring (bicyclic) bond motifs is 5. The fraction of sp³-hybridized carbons (Fsp3) is 0.400. The lowest BCUT2D eigenvalue weighted by Crippen LogP contribution is -2.63. The topological polar surface area (TPSA) is 440 Å². The summed E-state index contributed by atoms with van der Waals surface area (Å²) in [6, 6.07) is 8.53. The quantitative estimate of drug-likeness (QED) is 0.0656. The first-order chi connectivity index (χ1) is 48.8. The monoisotopic (exact) mass is 1440 g/mol. The zero-order valence-electron chi connectivity index (χ0n) is 56.0. The number of hydrogen-bond donors (Lipinski definition) is 15. The molecule has 17 N–H and O–H groups in total. The number of H-pyrrole nitrogens is 3. The molecule has 1 fully saturated rings. The van der Waals surface area contributed by atoms with Gasteiger partial charge in [-0.25, -0.2) is 13.8 Å². The number of aromatic hydroxyl groups is 1. The molecule has 5 heterocycles. The molecule has 0 radical (unpaired) electrons. The zero-order valence-corrected chi connectivity index (χ0v) is 57.7. The molecule has 4 aromatic carbocycles. The third-order valence-electron chi connectivity index (χ3n) is 17.9. The largest absolute Gasteiger partial charge is 0.508 e. The molecule has 2 aliphatic heterocycles. The van der Waals surface area contributed by atoms with Crippen LogP contribution in [0, 0.1) is 11.6 Å². The number of phenols is 1. The molecule has 28 nitrogen and oxygen atoms in total. The lowest BCUT2D eigenvalue weighted by Gasteiger charge is -2.37. The number of nitrogens with one attached hydrogen (secondary N) is 11. The minimum atomic E-state index is -2.05. The number of carbonyl (C=O) groups is 11. The summed E-state index contributed by atoms with van der Waals surface area (Å²) in [6.45, 7) is 3.16. The number of benzene rings is 4. The van der Waals surface area contributed by atoms with Crippen LogP contribution in [0.3, 0.4) is 0 Å². The first-order valence-electron chi connectivity index (χ1n) is 33.3. The molecule has 102 heavy (non-hydrogen) atoms. The maximum atomic E-state index is 15.2. The van der Waals surface area contributed by atoms with Crippen molar-refractivity contribution in [2.45, 2.75) is 150 Å². The Morgan fingerprint density at radius 3 is 1.80 bits per heavy atom. The number of amides is 10. The summed E-state index contributed by atoms with van der Waals surface area (Å²) in [5.41, 5.74) is 14.0. The van der Waals surface area contributed by atoms with Gasteiger partial charge >= 0.3 is 5.97 Å². The Kier molecular flexibility index (Phi) is 26.3. The molecule has 0 saturated carbocycles. The van der Waals surface area contributed by atoms with Crippen molar-refractivity contribution in [3.63, 3.8) is 0 Å². The van der Waals surface area contributed by atoms with Gasteiger partial charge in [-0.2, -0.15) is 23.5 Å². The van der Waals surface area contributed by atoms with Crippen LogP contribution in [0.25, 0.3) is 21.8 Å². The van der Waals surface area contributed by atoms with Gasteiger partial charge in [0.15, 0.2) is 0 Å². The molecule has 3 aromatic heterocycles. The summed E-state index contributed by atoms with van der Waals surface area (Å²) in [5, 5.41) is 42.3. The molecule has 7 aromatic rings. The molecule has 32 heteroatoms. The molecular formula is C70H83F2N15O13S2. The van der Waals surface area contributed by atoms with E-state index in [0.29, 0.717) is 70.6 Å². The zero-order chi connectivity index (χ0) is 73.2. The Morgan fingerprint density at radius 2 is 1.22 bits per heavy atom. The van der Waals surface area contributed by atoms with Crippen LogP contribution in [0.4, 0.5) is 8.78 Å². The highest BCUT2D eigenvalue weighted by Gasteiger charge is 2.49. The normalized spacial score (nSPS) is 23.3. The lowest BCUT2D eigenvalue weighted by atomic mass is 9.95. The Bertz CT molecular complexity index is 4200. The van der Waals surface area contributed by atoms with Gasteiger partial charge in [-0.3, -0.25) is 52.7 Å². The van der Waals surface area contributed by atoms with E-state index in [2.05, 4.69) is 62.5 Å². The van der Waals surface area contributed by atoms with Crippen LogP contribution in [0.2, 0.25) is 0 Å². The first kappa shape index (κ1) is 75.9. The van der Waals surface area contributed by atoms with Crippen LogP contribution < -0.4 is 54.0 Å². The van der Waals surface area contributed by atoms with E-state index in [0.717, 1.165) is 17.2 Å². The molecule has 2 aliphatic rings. The van der Waals surface area contributed by atoms with E-state index in [-0.39, 0.29) is 73.2 Å². The molecule has 0 unspecified atom stereocenters. The van der Waals surface area contributed by atoms with Crippen molar-refractivity contribution in [1.29, 1.82) is 0 Å². The number of nitrogens with two attached hydrogens (primary N) is 2. The van der Waals surface area contributed by atoms with Gasteiger partial charge in [0.2, 0.25) is 59.1 Å². The van der Waals surface area contributed by atoms with Crippen molar-refractivity contribution in [2.24, 2.45) is 11.5 Å². The Morgan fingerprint density at radius 1 is 0.647 bits per heavy atom. The van der Waals surface area contributed by atoms with Gasteiger partial charge < -0.3 is 84.1 Å². The van der Waals surface area contributed by atoms with Crippen LogP contribution in [0.5, 0.6) is 5.75 Å². The smallest absolute Gasteiger partial charge is 0.305 e. The number of unbranched alkanes of at least 4 members (excludes halogenated alkanes) is 1. The average Bonchev–Trinajstić information content (AvgIpc) is 1.60. The van der Waals surface area contributed by atoms with E-state index in [1.165, 1.54) is 122 Å². The SMILES string of the molecule is C[C@H]1NC(=O)[C@H](CCCCN)NC(=O)CCSCc2cccc(c2)CSC[C@@H](C(N)=O)NC(=O)[C@]2(C)CCCN2C(=O)[C@H](Cc2ccc(O)cc2)NC(=O)[C@H](Cc2cnc[nH]2)NC(=O)[C@H](CC(=O)O)NC(=O)[C@H](Cc2c[nH]c3ccc(F)cc23)NC(=O)[C@H](Cc2c[nH]c3ccc(F)cc23)NC1=O.